The number of nitrogens with one attached hydrogen (secondary N) is 1. The minimum Gasteiger partial charge on any atom is -0.352 e. The maximum atomic E-state index is 14.0. The first-order valence-corrected chi connectivity index (χ1v) is 15.1. The standard InChI is InChI=1S/C29H33BrClN3O4S/c1-19(2)32-29(36)22(5)33(17-23-11-13-24(30)14-12-23)28(35)18-34(27-8-6-7-26(31)21(27)4)39(37,38)25-15-9-20(3)10-16-25/h6-16,19,22H,17-18H2,1-5H3,(H,32,36)/t22-/m1/s1. The van der Waals surface area contributed by atoms with Gasteiger partial charge in [-0.05, 0) is 82.1 Å². The first-order valence-electron chi connectivity index (χ1n) is 12.5. The molecular weight excluding hydrogens is 602 g/mol. The maximum absolute atomic E-state index is 14.0. The second-order valence-corrected chi connectivity index (χ2v) is 12.9. The molecule has 0 heterocycles. The molecule has 1 N–H and O–H groups in total. The second-order valence-electron chi connectivity index (χ2n) is 9.70. The number of amides is 2. The van der Waals surface area contributed by atoms with Crippen molar-refractivity contribution in [1.29, 1.82) is 0 Å². The van der Waals surface area contributed by atoms with E-state index >= 15 is 0 Å². The molecule has 0 aliphatic rings. The number of hydrogen-bond donors (Lipinski definition) is 1. The number of rotatable bonds is 10. The number of halogens is 2. The van der Waals surface area contributed by atoms with Crippen LogP contribution in [0.4, 0.5) is 5.69 Å². The number of anilines is 1. The van der Waals surface area contributed by atoms with Crippen molar-refractivity contribution in [2.75, 3.05) is 10.8 Å². The van der Waals surface area contributed by atoms with Gasteiger partial charge in [0.1, 0.15) is 12.6 Å². The molecule has 0 unspecified atom stereocenters. The van der Waals surface area contributed by atoms with E-state index in [9.17, 15) is 18.0 Å². The van der Waals surface area contributed by atoms with Crippen molar-refractivity contribution in [3.05, 3.63) is 92.9 Å². The highest BCUT2D eigenvalue weighted by molar-refractivity contribution is 9.10. The van der Waals surface area contributed by atoms with Crippen LogP contribution in [0.3, 0.4) is 0 Å². The Morgan fingerprint density at radius 3 is 2.15 bits per heavy atom. The molecule has 208 valence electrons. The van der Waals surface area contributed by atoms with Gasteiger partial charge in [-0.2, -0.15) is 0 Å². The van der Waals surface area contributed by atoms with Gasteiger partial charge >= 0.3 is 0 Å². The zero-order valence-corrected chi connectivity index (χ0v) is 25.8. The van der Waals surface area contributed by atoms with Crippen molar-refractivity contribution in [2.45, 2.75) is 58.1 Å². The zero-order chi connectivity index (χ0) is 28.9. The van der Waals surface area contributed by atoms with Crippen molar-refractivity contribution in [3.8, 4) is 0 Å². The van der Waals surface area contributed by atoms with Crippen LogP contribution < -0.4 is 9.62 Å². The van der Waals surface area contributed by atoms with E-state index in [2.05, 4.69) is 21.2 Å². The van der Waals surface area contributed by atoms with Gasteiger partial charge in [0, 0.05) is 22.1 Å². The summed E-state index contributed by atoms with van der Waals surface area (Å²) < 4.78 is 29.8. The van der Waals surface area contributed by atoms with Crippen molar-refractivity contribution < 1.29 is 18.0 Å². The van der Waals surface area contributed by atoms with E-state index in [4.69, 9.17) is 11.6 Å². The lowest BCUT2D eigenvalue weighted by Crippen LogP contribution is -2.52. The highest BCUT2D eigenvalue weighted by Crippen LogP contribution is 2.31. The number of carbonyl (C=O) groups is 2. The normalized spacial score (nSPS) is 12.2. The first kappa shape index (κ1) is 30.7. The number of benzene rings is 3. The van der Waals surface area contributed by atoms with Crippen molar-refractivity contribution in [3.63, 3.8) is 0 Å². The van der Waals surface area contributed by atoms with Gasteiger partial charge in [0.05, 0.1) is 10.6 Å². The fourth-order valence-corrected chi connectivity index (χ4v) is 5.90. The molecule has 3 aromatic carbocycles. The minimum absolute atomic E-state index is 0.0466. The summed E-state index contributed by atoms with van der Waals surface area (Å²) in [6.45, 7) is 8.48. The molecule has 0 saturated heterocycles. The fourth-order valence-electron chi connectivity index (χ4n) is 3.99. The van der Waals surface area contributed by atoms with Crippen molar-refractivity contribution in [1.82, 2.24) is 10.2 Å². The Hall–Kier alpha value is -2.88. The van der Waals surface area contributed by atoms with Crippen molar-refractivity contribution in [2.24, 2.45) is 0 Å². The summed E-state index contributed by atoms with van der Waals surface area (Å²) in [5.41, 5.74) is 2.51. The molecule has 0 aliphatic heterocycles. The van der Waals surface area contributed by atoms with Gasteiger partial charge < -0.3 is 10.2 Å². The molecule has 39 heavy (non-hydrogen) atoms. The molecule has 0 radical (unpaired) electrons. The summed E-state index contributed by atoms with van der Waals surface area (Å²) in [4.78, 5) is 28.4. The van der Waals surface area contributed by atoms with Crippen LogP contribution in [0.2, 0.25) is 5.02 Å². The van der Waals surface area contributed by atoms with Gasteiger partial charge in [-0.15, -0.1) is 0 Å². The average molecular weight is 635 g/mol. The van der Waals surface area contributed by atoms with Crippen LogP contribution in [0.15, 0.2) is 76.1 Å². The van der Waals surface area contributed by atoms with E-state index in [0.29, 0.717) is 16.3 Å². The first-order chi connectivity index (χ1) is 18.3. The Bertz CT molecular complexity index is 1430. The third-order valence-electron chi connectivity index (χ3n) is 6.26. The lowest BCUT2D eigenvalue weighted by atomic mass is 10.1. The highest BCUT2D eigenvalue weighted by Gasteiger charge is 2.33. The number of hydrogen-bond acceptors (Lipinski definition) is 4. The third kappa shape index (κ3) is 7.62. The van der Waals surface area contributed by atoms with Crippen LogP contribution in [0.1, 0.15) is 37.5 Å². The van der Waals surface area contributed by atoms with E-state index in [-0.39, 0.29) is 23.4 Å². The SMILES string of the molecule is Cc1ccc(S(=O)(=O)N(CC(=O)N(Cc2ccc(Br)cc2)[C@H](C)C(=O)NC(C)C)c2cccc(Cl)c2C)cc1. The third-order valence-corrected chi connectivity index (χ3v) is 8.97. The number of aryl methyl sites for hydroxylation is 1. The zero-order valence-electron chi connectivity index (χ0n) is 22.6. The lowest BCUT2D eigenvalue weighted by molar-refractivity contribution is -0.139. The molecule has 0 bridgehead atoms. The lowest BCUT2D eigenvalue weighted by Gasteiger charge is -2.33. The molecule has 1 atom stereocenters. The Morgan fingerprint density at radius 2 is 1.56 bits per heavy atom. The van der Waals surface area contributed by atoms with Crippen LogP contribution in [0, 0.1) is 13.8 Å². The summed E-state index contributed by atoms with van der Waals surface area (Å²) >= 11 is 9.77. The number of nitrogens with zero attached hydrogens (tertiary/aromatic N) is 2. The molecule has 0 saturated carbocycles. The van der Waals surface area contributed by atoms with E-state index in [1.165, 1.54) is 17.0 Å². The van der Waals surface area contributed by atoms with Crippen molar-refractivity contribution >= 4 is 55.1 Å². The van der Waals surface area contributed by atoms with E-state index in [0.717, 1.165) is 19.9 Å². The molecule has 0 fully saturated rings. The summed E-state index contributed by atoms with van der Waals surface area (Å²) in [6.07, 6.45) is 0. The monoisotopic (exact) mass is 633 g/mol. The van der Waals surface area contributed by atoms with Gasteiger partial charge in [-0.3, -0.25) is 13.9 Å². The average Bonchev–Trinajstić information content (AvgIpc) is 2.88. The van der Waals surface area contributed by atoms with E-state index < -0.39 is 28.5 Å². The molecule has 7 nitrogen and oxygen atoms in total. The predicted octanol–water partition coefficient (Wildman–Crippen LogP) is 5.86. The fraction of sp³-hybridized carbons (Fsp3) is 0.310. The number of sulfonamides is 1. The Morgan fingerprint density at radius 1 is 0.949 bits per heavy atom. The predicted molar refractivity (Wildman–Crippen MR) is 159 cm³/mol. The largest absolute Gasteiger partial charge is 0.352 e. The van der Waals surface area contributed by atoms with Crippen LogP contribution in [-0.4, -0.2) is 43.8 Å². The molecule has 10 heteroatoms. The maximum Gasteiger partial charge on any atom is 0.264 e. The molecule has 0 aliphatic carbocycles. The molecule has 2 amide bonds. The molecule has 3 rings (SSSR count). The highest BCUT2D eigenvalue weighted by atomic mass is 79.9. The van der Waals surface area contributed by atoms with Crippen LogP contribution in [-0.2, 0) is 26.2 Å². The van der Waals surface area contributed by atoms with Crippen LogP contribution in [0.25, 0.3) is 0 Å². The summed E-state index contributed by atoms with van der Waals surface area (Å²) in [6, 6.07) is 17.8. The summed E-state index contributed by atoms with van der Waals surface area (Å²) in [5, 5.41) is 3.22. The number of carbonyl (C=O) groups excluding carboxylic acids is 2. The molecule has 0 aromatic heterocycles. The summed E-state index contributed by atoms with van der Waals surface area (Å²) in [7, 11) is -4.16. The Kier molecular flexibility index (Phi) is 10.2. The Labute approximate surface area is 244 Å². The van der Waals surface area contributed by atoms with Gasteiger partial charge in [0.15, 0.2) is 0 Å². The quantitative estimate of drug-likeness (QED) is 0.303. The smallest absolute Gasteiger partial charge is 0.264 e. The van der Waals surface area contributed by atoms with Gasteiger partial charge in [0.2, 0.25) is 11.8 Å². The summed E-state index contributed by atoms with van der Waals surface area (Å²) in [5.74, 6) is -0.860. The van der Waals surface area contributed by atoms with Gasteiger partial charge in [-0.1, -0.05) is 63.4 Å². The minimum atomic E-state index is -4.16. The van der Waals surface area contributed by atoms with Gasteiger partial charge in [-0.25, -0.2) is 8.42 Å². The van der Waals surface area contributed by atoms with E-state index in [1.807, 2.05) is 45.0 Å². The Balaban J connectivity index is 2.07. The second kappa shape index (κ2) is 13.0. The van der Waals surface area contributed by atoms with Crippen LogP contribution >= 0.6 is 27.5 Å². The molecular formula is C29H33BrClN3O4S. The van der Waals surface area contributed by atoms with E-state index in [1.54, 1.807) is 44.2 Å². The molecule has 0 spiro atoms. The van der Waals surface area contributed by atoms with Crippen LogP contribution in [0.5, 0.6) is 0 Å². The van der Waals surface area contributed by atoms with Gasteiger partial charge in [0.25, 0.3) is 10.0 Å². The molecule has 3 aromatic rings. The topological polar surface area (TPSA) is 86.8 Å².